The first-order valence-corrected chi connectivity index (χ1v) is 5.94. The maximum absolute atomic E-state index is 11.1. The van der Waals surface area contributed by atoms with Gasteiger partial charge in [-0.1, -0.05) is 12.5 Å². The van der Waals surface area contributed by atoms with Gasteiger partial charge in [-0.25, -0.2) is 4.79 Å². The number of hydrogen-bond donors (Lipinski definition) is 2. The number of nitrogens with zero attached hydrogens (tertiary/aromatic N) is 1. The quantitative estimate of drug-likeness (QED) is 0.842. The van der Waals surface area contributed by atoms with E-state index in [2.05, 4.69) is 4.90 Å². The topological polar surface area (TPSA) is 60.8 Å². The standard InChI is InChI=1S/C13H17NO3/c15-11-5-4-10(12(8-11)13(16)17)9-14-6-2-1-3-7-14/h4-5,8,15H,1-3,6-7,9H2,(H,16,17). The lowest BCUT2D eigenvalue weighted by atomic mass is 10.0. The Morgan fingerprint density at radius 2 is 1.94 bits per heavy atom. The van der Waals surface area contributed by atoms with Crippen molar-refractivity contribution in [3.63, 3.8) is 0 Å². The molecule has 1 aromatic rings. The molecule has 0 spiro atoms. The second-order valence-corrected chi connectivity index (χ2v) is 4.48. The van der Waals surface area contributed by atoms with E-state index in [1.54, 1.807) is 12.1 Å². The van der Waals surface area contributed by atoms with E-state index in [-0.39, 0.29) is 11.3 Å². The van der Waals surface area contributed by atoms with Crippen LogP contribution in [0.2, 0.25) is 0 Å². The third-order valence-corrected chi connectivity index (χ3v) is 3.17. The van der Waals surface area contributed by atoms with Gasteiger partial charge in [0.1, 0.15) is 5.75 Å². The minimum atomic E-state index is -0.979. The van der Waals surface area contributed by atoms with E-state index in [9.17, 15) is 9.90 Å². The third kappa shape index (κ3) is 2.97. The Morgan fingerprint density at radius 1 is 1.24 bits per heavy atom. The average molecular weight is 235 g/mol. The van der Waals surface area contributed by atoms with Crippen molar-refractivity contribution in [1.82, 2.24) is 4.90 Å². The van der Waals surface area contributed by atoms with Crippen molar-refractivity contribution in [3.05, 3.63) is 29.3 Å². The van der Waals surface area contributed by atoms with Crippen molar-refractivity contribution in [2.24, 2.45) is 0 Å². The molecule has 0 atom stereocenters. The molecule has 1 saturated heterocycles. The molecular formula is C13H17NO3. The average Bonchev–Trinajstić information content (AvgIpc) is 2.32. The summed E-state index contributed by atoms with van der Waals surface area (Å²) in [5.74, 6) is -0.974. The van der Waals surface area contributed by atoms with Gasteiger partial charge in [-0.3, -0.25) is 4.90 Å². The van der Waals surface area contributed by atoms with Crippen LogP contribution in [-0.4, -0.2) is 34.2 Å². The Morgan fingerprint density at radius 3 is 2.59 bits per heavy atom. The molecule has 0 radical (unpaired) electrons. The second-order valence-electron chi connectivity index (χ2n) is 4.48. The van der Waals surface area contributed by atoms with Gasteiger partial charge in [0.2, 0.25) is 0 Å². The van der Waals surface area contributed by atoms with Crippen LogP contribution in [0.3, 0.4) is 0 Å². The van der Waals surface area contributed by atoms with E-state index in [1.807, 2.05) is 0 Å². The highest BCUT2D eigenvalue weighted by Gasteiger charge is 2.15. The molecule has 0 aliphatic carbocycles. The Balaban J connectivity index is 2.16. The van der Waals surface area contributed by atoms with E-state index in [4.69, 9.17) is 5.11 Å². The van der Waals surface area contributed by atoms with Gasteiger partial charge < -0.3 is 10.2 Å². The van der Waals surface area contributed by atoms with Gasteiger partial charge in [-0.2, -0.15) is 0 Å². The van der Waals surface area contributed by atoms with Gasteiger partial charge in [-0.05, 0) is 43.6 Å². The summed E-state index contributed by atoms with van der Waals surface area (Å²) < 4.78 is 0. The molecule has 1 aliphatic heterocycles. The first kappa shape index (κ1) is 11.9. The number of rotatable bonds is 3. The normalized spacial score (nSPS) is 16.9. The van der Waals surface area contributed by atoms with Crippen molar-refractivity contribution in [2.75, 3.05) is 13.1 Å². The monoisotopic (exact) mass is 235 g/mol. The molecule has 4 heteroatoms. The summed E-state index contributed by atoms with van der Waals surface area (Å²) in [6.45, 7) is 2.71. The number of piperidine rings is 1. The van der Waals surface area contributed by atoms with Crippen molar-refractivity contribution in [1.29, 1.82) is 0 Å². The summed E-state index contributed by atoms with van der Waals surface area (Å²) in [7, 11) is 0. The fourth-order valence-electron chi connectivity index (χ4n) is 2.26. The molecule has 92 valence electrons. The highest BCUT2D eigenvalue weighted by Crippen LogP contribution is 2.20. The third-order valence-electron chi connectivity index (χ3n) is 3.17. The van der Waals surface area contributed by atoms with Gasteiger partial charge in [-0.15, -0.1) is 0 Å². The van der Waals surface area contributed by atoms with Crippen LogP contribution in [-0.2, 0) is 6.54 Å². The van der Waals surface area contributed by atoms with Gasteiger partial charge in [0.15, 0.2) is 0 Å². The fourth-order valence-corrected chi connectivity index (χ4v) is 2.26. The molecule has 0 unspecified atom stereocenters. The van der Waals surface area contributed by atoms with E-state index >= 15 is 0 Å². The molecule has 0 aromatic heterocycles. The molecule has 0 amide bonds. The lowest BCUT2D eigenvalue weighted by Gasteiger charge is -2.26. The van der Waals surface area contributed by atoms with Crippen LogP contribution in [0.15, 0.2) is 18.2 Å². The highest BCUT2D eigenvalue weighted by atomic mass is 16.4. The largest absolute Gasteiger partial charge is 0.508 e. The zero-order chi connectivity index (χ0) is 12.3. The molecule has 1 heterocycles. The van der Waals surface area contributed by atoms with Crippen molar-refractivity contribution in [2.45, 2.75) is 25.8 Å². The Labute approximate surface area is 100 Å². The molecule has 0 bridgehead atoms. The zero-order valence-electron chi connectivity index (χ0n) is 9.72. The minimum Gasteiger partial charge on any atom is -0.508 e. The number of carboxylic acid groups (broad SMARTS) is 1. The minimum absolute atomic E-state index is 0.00444. The van der Waals surface area contributed by atoms with Crippen LogP contribution in [0.25, 0.3) is 0 Å². The number of likely N-dealkylation sites (tertiary alicyclic amines) is 1. The molecule has 2 N–H and O–H groups in total. The Hall–Kier alpha value is -1.55. The first-order valence-electron chi connectivity index (χ1n) is 5.94. The molecule has 0 saturated carbocycles. The summed E-state index contributed by atoms with van der Waals surface area (Å²) in [6, 6.07) is 4.57. The molecule has 1 aliphatic rings. The van der Waals surface area contributed by atoms with Gasteiger partial charge in [0, 0.05) is 6.54 Å². The summed E-state index contributed by atoms with van der Waals surface area (Å²) in [6.07, 6.45) is 3.62. The SMILES string of the molecule is O=C(O)c1cc(O)ccc1CN1CCCCC1. The van der Waals surface area contributed by atoms with Crippen LogP contribution in [0.4, 0.5) is 0 Å². The van der Waals surface area contributed by atoms with Crippen molar-refractivity contribution in [3.8, 4) is 5.75 Å². The van der Waals surface area contributed by atoms with Gasteiger partial charge in [0.05, 0.1) is 5.56 Å². The van der Waals surface area contributed by atoms with Crippen LogP contribution < -0.4 is 0 Å². The Bertz CT molecular complexity index is 411. The zero-order valence-corrected chi connectivity index (χ0v) is 9.72. The smallest absolute Gasteiger partial charge is 0.336 e. The fraction of sp³-hybridized carbons (Fsp3) is 0.462. The summed E-state index contributed by atoms with van der Waals surface area (Å²) in [5, 5.41) is 18.4. The number of benzene rings is 1. The molecule has 1 aromatic carbocycles. The van der Waals surface area contributed by atoms with Crippen LogP contribution in [0, 0.1) is 0 Å². The highest BCUT2D eigenvalue weighted by molar-refractivity contribution is 5.89. The van der Waals surface area contributed by atoms with E-state index < -0.39 is 5.97 Å². The number of phenolic OH excluding ortho intramolecular Hbond substituents is 1. The maximum Gasteiger partial charge on any atom is 0.336 e. The molecular weight excluding hydrogens is 218 g/mol. The molecule has 4 nitrogen and oxygen atoms in total. The van der Waals surface area contributed by atoms with Crippen molar-refractivity contribution >= 4 is 5.97 Å². The van der Waals surface area contributed by atoms with E-state index in [0.29, 0.717) is 6.54 Å². The van der Waals surface area contributed by atoms with E-state index in [1.165, 1.54) is 25.3 Å². The van der Waals surface area contributed by atoms with Crippen LogP contribution in [0.5, 0.6) is 5.75 Å². The molecule has 1 fully saturated rings. The van der Waals surface area contributed by atoms with Crippen molar-refractivity contribution < 1.29 is 15.0 Å². The number of aromatic hydroxyl groups is 1. The number of phenols is 1. The molecule has 2 rings (SSSR count). The van der Waals surface area contributed by atoms with Crippen LogP contribution >= 0.6 is 0 Å². The second kappa shape index (κ2) is 5.19. The lowest BCUT2D eigenvalue weighted by molar-refractivity contribution is 0.0693. The Kier molecular flexibility index (Phi) is 3.64. The maximum atomic E-state index is 11.1. The number of carboxylic acids is 1. The lowest BCUT2D eigenvalue weighted by Crippen LogP contribution is -2.29. The number of hydrogen-bond acceptors (Lipinski definition) is 3. The predicted molar refractivity (Wildman–Crippen MR) is 64.2 cm³/mol. The van der Waals surface area contributed by atoms with Gasteiger partial charge >= 0.3 is 5.97 Å². The van der Waals surface area contributed by atoms with Gasteiger partial charge in [0.25, 0.3) is 0 Å². The number of carbonyl (C=O) groups is 1. The first-order chi connectivity index (χ1) is 8.16. The molecule has 17 heavy (non-hydrogen) atoms. The summed E-state index contributed by atoms with van der Waals surface area (Å²) in [4.78, 5) is 13.4. The summed E-state index contributed by atoms with van der Waals surface area (Å²) in [5.41, 5.74) is 0.979. The summed E-state index contributed by atoms with van der Waals surface area (Å²) >= 11 is 0. The van der Waals surface area contributed by atoms with E-state index in [0.717, 1.165) is 18.7 Å². The number of aromatic carboxylic acids is 1. The van der Waals surface area contributed by atoms with Crippen LogP contribution in [0.1, 0.15) is 35.2 Å². The predicted octanol–water partition coefficient (Wildman–Crippen LogP) is 2.08.